The summed E-state index contributed by atoms with van der Waals surface area (Å²) < 4.78 is 27.1. The molecule has 1 aliphatic rings. The van der Waals surface area contributed by atoms with Gasteiger partial charge in [-0.05, 0) is 37.0 Å². The smallest absolute Gasteiger partial charge is 0.243 e. The van der Waals surface area contributed by atoms with Gasteiger partial charge in [0.05, 0.1) is 11.1 Å². The van der Waals surface area contributed by atoms with Crippen molar-refractivity contribution in [2.45, 2.75) is 36.7 Å². The Hall–Kier alpha value is -1.77. The fraction of sp³-hybridized carbons (Fsp3) is 0.467. The number of nitrogens with one attached hydrogen (secondary N) is 1. The summed E-state index contributed by atoms with van der Waals surface area (Å²) in [6.07, 6.45) is 3.23. The molecule has 0 saturated carbocycles. The highest BCUT2D eigenvalue weighted by atomic mass is 32.2. The summed E-state index contributed by atoms with van der Waals surface area (Å²) in [6, 6.07) is 6.94. The minimum Gasteiger partial charge on any atom is -0.382 e. The lowest BCUT2D eigenvalue weighted by Gasteiger charge is -2.37. The summed E-state index contributed by atoms with van der Waals surface area (Å²) in [7, 11) is -3.64. The number of nitrogens with zero attached hydrogens (tertiary/aromatic N) is 3. The van der Waals surface area contributed by atoms with E-state index in [-0.39, 0.29) is 11.4 Å². The van der Waals surface area contributed by atoms with Gasteiger partial charge in [-0.25, -0.2) is 8.42 Å². The topological polar surface area (TPSA) is 99.2 Å². The van der Waals surface area contributed by atoms with Gasteiger partial charge in [0.1, 0.15) is 11.3 Å². The van der Waals surface area contributed by atoms with Crippen LogP contribution in [0.1, 0.15) is 31.0 Å². The molecule has 0 amide bonds. The number of β-amino-alcohol motifs (C(OH)–C–C–N with tert-alkyl or cyclic N) is 1. The van der Waals surface area contributed by atoms with Gasteiger partial charge in [0.15, 0.2) is 0 Å². The molecule has 3 rings (SSSR count). The van der Waals surface area contributed by atoms with E-state index in [1.165, 1.54) is 10.5 Å². The molecule has 1 unspecified atom stereocenters. The van der Waals surface area contributed by atoms with E-state index in [1.54, 1.807) is 18.2 Å². The molecule has 1 aromatic heterocycles. The normalized spacial score (nSPS) is 23.0. The average Bonchev–Trinajstić information content (AvgIpc) is 3.10. The molecule has 7 nitrogen and oxygen atoms in total. The highest BCUT2D eigenvalue weighted by Crippen LogP contribution is 2.32. The van der Waals surface area contributed by atoms with Crippen molar-refractivity contribution in [3.8, 4) is 0 Å². The second-order valence-electron chi connectivity index (χ2n) is 5.83. The zero-order valence-corrected chi connectivity index (χ0v) is 13.8. The number of benzene rings is 1. The van der Waals surface area contributed by atoms with Crippen molar-refractivity contribution in [1.29, 1.82) is 0 Å². The van der Waals surface area contributed by atoms with Gasteiger partial charge < -0.3 is 5.11 Å². The molecule has 2 N–H and O–H groups in total. The number of rotatable bonds is 4. The second kappa shape index (κ2) is 6.03. The monoisotopic (exact) mass is 336 g/mol. The van der Waals surface area contributed by atoms with E-state index in [2.05, 4.69) is 15.4 Å². The van der Waals surface area contributed by atoms with Crippen LogP contribution in [0.25, 0.3) is 0 Å². The summed E-state index contributed by atoms with van der Waals surface area (Å²) >= 11 is 0. The Kier molecular flexibility index (Phi) is 4.22. The first-order valence-electron chi connectivity index (χ1n) is 7.63. The van der Waals surface area contributed by atoms with Crippen LogP contribution in [0.2, 0.25) is 0 Å². The first-order valence-corrected chi connectivity index (χ1v) is 9.07. The maximum absolute atomic E-state index is 12.9. The van der Waals surface area contributed by atoms with Crippen LogP contribution in [0, 0.1) is 0 Å². The number of sulfonamides is 1. The van der Waals surface area contributed by atoms with E-state index in [9.17, 15) is 13.5 Å². The number of hydrogen-bond donors (Lipinski definition) is 2. The highest BCUT2D eigenvalue weighted by Gasteiger charge is 2.41. The Bertz CT molecular complexity index is 776. The van der Waals surface area contributed by atoms with Crippen molar-refractivity contribution in [2.24, 2.45) is 0 Å². The first-order chi connectivity index (χ1) is 11.0. The number of aryl methyl sites for hydroxylation is 1. The Morgan fingerprint density at radius 1 is 1.43 bits per heavy atom. The number of hydrogen-bond acceptors (Lipinski definition) is 5. The molecule has 1 aromatic carbocycles. The molecule has 1 fully saturated rings. The van der Waals surface area contributed by atoms with Gasteiger partial charge >= 0.3 is 0 Å². The minimum absolute atomic E-state index is 0.0157. The summed E-state index contributed by atoms with van der Waals surface area (Å²) in [5.41, 5.74) is 0.0373. The van der Waals surface area contributed by atoms with Gasteiger partial charge in [-0.15, -0.1) is 0 Å². The summed E-state index contributed by atoms with van der Waals surface area (Å²) in [5, 5.41) is 20.9. The largest absolute Gasteiger partial charge is 0.382 e. The van der Waals surface area contributed by atoms with E-state index in [1.807, 2.05) is 13.0 Å². The average molecular weight is 336 g/mol. The van der Waals surface area contributed by atoms with Gasteiger partial charge in [0.2, 0.25) is 10.0 Å². The third kappa shape index (κ3) is 3.01. The second-order valence-corrected chi connectivity index (χ2v) is 7.77. The van der Waals surface area contributed by atoms with Crippen LogP contribution in [0.4, 0.5) is 0 Å². The molecule has 23 heavy (non-hydrogen) atoms. The lowest BCUT2D eigenvalue weighted by molar-refractivity contribution is -0.0161. The van der Waals surface area contributed by atoms with Crippen LogP contribution in [0.5, 0.6) is 0 Å². The SMILES string of the molecule is CCc1cccc(S(=O)(=O)N2CCCC(O)(c3cn[nH]n3)C2)c1. The van der Waals surface area contributed by atoms with Crippen LogP contribution in [-0.2, 0) is 22.0 Å². The van der Waals surface area contributed by atoms with Crippen molar-refractivity contribution in [2.75, 3.05) is 13.1 Å². The highest BCUT2D eigenvalue weighted by molar-refractivity contribution is 7.89. The van der Waals surface area contributed by atoms with E-state index < -0.39 is 15.6 Å². The lowest BCUT2D eigenvalue weighted by Crippen LogP contribution is -2.48. The Labute approximate surface area is 135 Å². The van der Waals surface area contributed by atoms with E-state index >= 15 is 0 Å². The first kappa shape index (κ1) is 16.1. The van der Waals surface area contributed by atoms with Gasteiger partial charge in [0.25, 0.3) is 0 Å². The van der Waals surface area contributed by atoms with Gasteiger partial charge in [-0.3, -0.25) is 0 Å². The van der Waals surface area contributed by atoms with Gasteiger partial charge in [0, 0.05) is 13.1 Å². The van der Waals surface area contributed by atoms with Crippen LogP contribution < -0.4 is 0 Å². The van der Waals surface area contributed by atoms with Gasteiger partial charge in [-0.2, -0.15) is 19.7 Å². The standard InChI is InChI=1S/C15H20N4O3S/c1-2-12-5-3-6-13(9-12)23(21,22)19-8-4-7-15(20,11-19)14-10-16-18-17-14/h3,5-6,9-10,20H,2,4,7-8,11H2,1H3,(H,16,17,18). The zero-order chi connectivity index (χ0) is 16.5. The summed E-state index contributed by atoms with van der Waals surface area (Å²) in [4.78, 5) is 0.265. The molecule has 0 radical (unpaired) electrons. The molecule has 0 aliphatic carbocycles. The summed E-state index contributed by atoms with van der Waals surface area (Å²) in [6.45, 7) is 2.35. The fourth-order valence-electron chi connectivity index (χ4n) is 2.91. The lowest BCUT2D eigenvalue weighted by atomic mass is 9.91. The fourth-order valence-corrected chi connectivity index (χ4v) is 4.51. The predicted molar refractivity (Wildman–Crippen MR) is 84.1 cm³/mol. The molecule has 0 bridgehead atoms. The Balaban J connectivity index is 1.91. The zero-order valence-electron chi connectivity index (χ0n) is 12.9. The maximum atomic E-state index is 12.9. The van der Waals surface area contributed by atoms with Crippen molar-refractivity contribution < 1.29 is 13.5 Å². The number of H-pyrrole nitrogens is 1. The van der Waals surface area contributed by atoms with E-state index in [0.717, 1.165) is 12.0 Å². The van der Waals surface area contributed by atoms with Gasteiger partial charge in [-0.1, -0.05) is 19.1 Å². The molecule has 8 heteroatoms. The maximum Gasteiger partial charge on any atom is 0.243 e. The molecule has 1 atom stereocenters. The van der Waals surface area contributed by atoms with Crippen molar-refractivity contribution in [3.63, 3.8) is 0 Å². The molecular formula is C15H20N4O3S. The molecule has 2 heterocycles. The molecule has 124 valence electrons. The van der Waals surface area contributed by atoms with Crippen LogP contribution in [0.3, 0.4) is 0 Å². The van der Waals surface area contributed by atoms with Crippen LogP contribution in [0.15, 0.2) is 35.4 Å². The number of piperidine rings is 1. The quantitative estimate of drug-likeness (QED) is 0.869. The minimum atomic E-state index is -3.64. The number of aromatic nitrogens is 3. The van der Waals surface area contributed by atoms with Crippen molar-refractivity contribution in [1.82, 2.24) is 19.7 Å². The summed E-state index contributed by atoms with van der Waals surface area (Å²) in [5.74, 6) is 0. The van der Waals surface area contributed by atoms with Crippen molar-refractivity contribution >= 4 is 10.0 Å². The Morgan fingerprint density at radius 2 is 2.26 bits per heavy atom. The third-order valence-corrected chi connectivity index (χ3v) is 6.11. The molecule has 0 spiro atoms. The van der Waals surface area contributed by atoms with Crippen LogP contribution >= 0.6 is 0 Å². The van der Waals surface area contributed by atoms with E-state index in [4.69, 9.17) is 0 Å². The molecule has 1 saturated heterocycles. The van der Waals surface area contributed by atoms with E-state index in [0.29, 0.717) is 25.1 Å². The third-order valence-electron chi connectivity index (χ3n) is 4.27. The van der Waals surface area contributed by atoms with Crippen LogP contribution in [-0.4, -0.2) is 46.3 Å². The molecule has 2 aromatic rings. The number of aromatic amines is 1. The van der Waals surface area contributed by atoms with Crippen molar-refractivity contribution in [3.05, 3.63) is 41.7 Å². The molecular weight excluding hydrogens is 316 g/mol. The molecule has 1 aliphatic heterocycles. The number of aliphatic hydroxyl groups is 1. The predicted octanol–water partition coefficient (Wildman–Crippen LogP) is 1.04. The Morgan fingerprint density at radius 3 is 2.96 bits per heavy atom.